The van der Waals surface area contributed by atoms with Gasteiger partial charge in [-0.25, -0.2) is 15.2 Å². The lowest BCUT2D eigenvalue weighted by Crippen LogP contribution is -2.62. The molecule has 9 atom stereocenters. The van der Waals surface area contributed by atoms with Gasteiger partial charge in [0, 0.05) is 75.2 Å². The van der Waals surface area contributed by atoms with E-state index in [0.717, 1.165) is 17.8 Å². The average molecular weight is 1250 g/mol. The van der Waals surface area contributed by atoms with Crippen molar-refractivity contribution < 1.29 is 63.0 Å². The minimum atomic E-state index is -1.90. The number of guanidine groups is 1. The summed E-state index contributed by atoms with van der Waals surface area (Å²) in [5, 5.41) is 44.5. The van der Waals surface area contributed by atoms with E-state index in [9.17, 15) is 63.0 Å². The molecule has 0 unspecified atom stereocenters. The summed E-state index contributed by atoms with van der Waals surface area (Å²) in [5.74, 6) is -9.50. The SMILES string of the molecule is CN=C(N)NCCC[C@H](NC(=O)[C@H](CC(C)C)NC(=O)NNC(=O)[C@H](Cc1ccccc1)NC(=O)[C@@H](NC(=O)[C@H](CC(N)=O)NC(=O)[C@@H](Cc1cnc[nH]1)NC(=O)[C@@H](Cc1ccc(O)cc1)NC(C)=O)[C@@H](C)O)C(=O)N[C@@H](Cc1c[nH]c2ccccc12)C(N)=O. The molecule has 0 aliphatic rings. The lowest BCUT2D eigenvalue weighted by Gasteiger charge is -2.28. The van der Waals surface area contributed by atoms with Crippen molar-refractivity contribution in [2.75, 3.05) is 13.6 Å². The van der Waals surface area contributed by atoms with Crippen LogP contribution in [-0.2, 0) is 73.6 Å². The average Bonchev–Trinajstić information content (AvgIpc) is 3.58. The van der Waals surface area contributed by atoms with Crippen LogP contribution in [0.4, 0.5) is 4.79 Å². The number of aromatic hydroxyl groups is 1. The fourth-order valence-electron chi connectivity index (χ4n) is 9.34. The summed E-state index contributed by atoms with van der Waals surface area (Å²) in [5.41, 5.74) is 24.3. The van der Waals surface area contributed by atoms with Crippen molar-refractivity contribution in [2.24, 2.45) is 28.1 Å². The predicted octanol–water partition coefficient (Wildman–Crippen LogP) is -2.92. The van der Waals surface area contributed by atoms with Gasteiger partial charge in [0.05, 0.1) is 18.9 Å². The van der Waals surface area contributed by atoms with E-state index in [0.29, 0.717) is 22.4 Å². The van der Waals surface area contributed by atoms with Gasteiger partial charge >= 0.3 is 6.03 Å². The van der Waals surface area contributed by atoms with Gasteiger partial charge in [-0.05, 0) is 67.0 Å². The first kappa shape index (κ1) is 70.2. The monoisotopic (exact) mass is 1250 g/mol. The maximum absolute atomic E-state index is 14.2. The van der Waals surface area contributed by atoms with E-state index >= 15 is 0 Å². The first-order chi connectivity index (χ1) is 42.8. The number of fused-ring (bicyclic) bond motifs is 1. The number of carbonyl (C=O) groups is 11. The Morgan fingerprint density at radius 3 is 1.77 bits per heavy atom. The minimum Gasteiger partial charge on any atom is -0.508 e. The quantitative estimate of drug-likeness (QED) is 0.00866. The number of nitrogens with one attached hydrogen (secondary N) is 13. The number of rotatable bonds is 33. The fraction of sp³-hybridized carbons (Fsp3) is 0.407. The largest absolute Gasteiger partial charge is 0.508 e. The Balaban J connectivity index is 1.29. The van der Waals surface area contributed by atoms with E-state index in [2.05, 4.69) is 78.6 Å². The van der Waals surface area contributed by atoms with Crippen LogP contribution < -0.4 is 75.9 Å². The van der Waals surface area contributed by atoms with Gasteiger partial charge in [-0.15, -0.1) is 0 Å². The van der Waals surface area contributed by atoms with Crippen LogP contribution in [0, 0.1) is 5.92 Å². The molecule has 0 saturated carbocycles. The maximum atomic E-state index is 14.2. The molecule has 31 heteroatoms. The van der Waals surface area contributed by atoms with Crippen molar-refractivity contribution >= 4 is 82.0 Å². The predicted molar refractivity (Wildman–Crippen MR) is 328 cm³/mol. The number of urea groups is 1. The molecule has 0 spiro atoms. The second kappa shape index (κ2) is 34.7. The molecule has 3 aromatic carbocycles. The highest BCUT2D eigenvalue weighted by molar-refractivity contribution is 5.99. The fourth-order valence-corrected chi connectivity index (χ4v) is 9.34. The molecule has 2 heterocycles. The molecule has 21 N–H and O–H groups in total. The first-order valence-electron chi connectivity index (χ1n) is 28.8. The zero-order valence-corrected chi connectivity index (χ0v) is 50.4. The number of hydrazine groups is 1. The van der Waals surface area contributed by atoms with Crippen LogP contribution in [0.5, 0.6) is 5.75 Å². The van der Waals surface area contributed by atoms with Crippen molar-refractivity contribution in [2.45, 2.75) is 134 Å². The van der Waals surface area contributed by atoms with Crippen molar-refractivity contribution in [1.29, 1.82) is 0 Å². The molecule has 0 aliphatic heterocycles. The highest BCUT2D eigenvalue weighted by Crippen LogP contribution is 2.20. The number of aliphatic hydroxyl groups excluding tert-OH is 1. The topological polar surface area (TPSA) is 495 Å². The zero-order chi connectivity index (χ0) is 66.0. The van der Waals surface area contributed by atoms with Crippen molar-refractivity contribution in [3.05, 3.63) is 120 Å². The van der Waals surface area contributed by atoms with Gasteiger partial charge in [-0.1, -0.05) is 74.5 Å². The number of aliphatic hydroxyl groups is 1. The number of nitrogens with zero attached hydrogens (tertiary/aromatic N) is 2. The van der Waals surface area contributed by atoms with Gasteiger partial charge < -0.3 is 85.2 Å². The Morgan fingerprint density at radius 1 is 0.589 bits per heavy atom. The lowest BCUT2D eigenvalue weighted by molar-refractivity contribution is -0.137. The normalized spacial score (nSPS) is 14.3. The summed E-state index contributed by atoms with van der Waals surface area (Å²) < 4.78 is 0. The molecule has 2 aromatic heterocycles. The number of imidazole rings is 1. The number of primary amides is 2. The maximum Gasteiger partial charge on any atom is 0.334 e. The number of phenols is 1. The molecule has 5 rings (SSSR count). The third kappa shape index (κ3) is 22.9. The first-order valence-corrected chi connectivity index (χ1v) is 28.8. The Bertz CT molecular complexity index is 3300. The third-order valence-electron chi connectivity index (χ3n) is 13.9. The van der Waals surface area contributed by atoms with E-state index in [-0.39, 0.29) is 69.1 Å². The summed E-state index contributed by atoms with van der Waals surface area (Å²) in [7, 11) is 1.48. The molecular formula is C59H80N18O13. The molecule has 90 heavy (non-hydrogen) atoms. The van der Waals surface area contributed by atoms with Crippen molar-refractivity contribution in [3.8, 4) is 5.75 Å². The van der Waals surface area contributed by atoms with Gasteiger partial charge in [-0.3, -0.25) is 58.4 Å². The molecule has 31 nitrogen and oxygen atoms in total. The molecule has 5 aromatic rings. The highest BCUT2D eigenvalue weighted by atomic mass is 16.3. The van der Waals surface area contributed by atoms with Crippen LogP contribution in [0.25, 0.3) is 10.9 Å². The molecule has 0 aliphatic carbocycles. The summed E-state index contributed by atoms with van der Waals surface area (Å²) in [4.78, 5) is 163. The summed E-state index contributed by atoms with van der Waals surface area (Å²) >= 11 is 0. The number of para-hydroxylation sites is 1. The Hall–Kier alpha value is -10.6. The number of carbonyl (C=O) groups excluding carboxylic acids is 11. The minimum absolute atomic E-state index is 0.0125. The van der Waals surface area contributed by atoms with Crippen molar-refractivity contribution in [3.63, 3.8) is 0 Å². The number of hydrogen-bond donors (Lipinski definition) is 18. The van der Waals surface area contributed by atoms with Crippen LogP contribution in [0.3, 0.4) is 0 Å². The van der Waals surface area contributed by atoms with E-state index < -0.39 is 126 Å². The lowest BCUT2D eigenvalue weighted by atomic mass is 10.0. The second-order valence-corrected chi connectivity index (χ2v) is 21.7. The molecular weight excluding hydrogens is 1170 g/mol. The smallest absolute Gasteiger partial charge is 0.334 e. The van der Waals surface area contributed by atoms with E-state index in [1.807, 2.05) is 24.3 Å². The standard InChI is InChI=1S/C59H80N18O13/c1-31(2)22-43(52(84)69-41(16-11-21-65-58(62)63-5)51(83)70-42(50(61)82)25-36-28-66-40-15-10-9-14-39(36)40)74-59(90)77-76-56(88)45(23-34-12-7-6-8-13-34)73-57(89)49(32(3)78)75-55(87)47(27-48(60)81)72-54(86)46(26-37-29-64-30-67-37)71-53(85)44(68-33(4)79)24-35-17-19-38(80)20-18-35/h6-10,12-15,17-20,28-32,41-47,49,66,78,80H,11,16,21-27H2,1-5H3,(H2,60,81)(H2,61,82)(H,64,67)(H,68,79)(H,69,84)(H,70,83)(H,71,85)(H,72,86)(H,73,89)(H,75,87)(H,76,88)(H3,62,63,65)(H2,74,77,90)/t32-,41+,42+,43+,44-,45+,46-,47+,49+/m1/s1. The molecule has 0 bridgehead atoms. The Labute approximate surface area is 517 Å². The number of benzene rings is 3. The third-order valence-corrected chi connectivity index (χ3v) is 13.9. The van der Waals surface area contributed by atoms with Crippen molar-refractivity contribution in [1.82, 2.24) is 73.7 Å². The van der Waals surface area contributed by atoms with Crippen LogP contribution in [-0.4, -0.2) is 164 Å². The number of phenolic OH excluding ortho intramolecular Hbond substituents is 1. The van der Waals surface area contributed by atoms with Crippen LogP contribution in [0.1, 0.15) is 75.8 Å². The molecule has 12 amide bonds. The summed E-state index contributed by atoms with van der Waals surface area (Å²) in [6, 6.07) is 8.42. The van der Waals surface area contributed by atoms with Gasteiger partial charge in [0.15, 0.2) is 5.96 Å². The van der Waals surface area contributed by atoms with E-state index in [1.54, 1.807) is 50.4 Å². The van der Waals surface area contributed by atoms with E-state index in [1.165, 1.54) is 50.8 Å². The van der Waals surface area contributed by atoms with E-state index in [4.69, 9.17) is 17.2 Å². The zero-order valence-electron chi connectivity index (χ0n) is 50.4. The van der Waals surface area contributed by atoms with Gasteiger partial charge in [0.1, 0.15) is 54.1 Å². The molecule has 484 valence electrons. The second-order valence-electron chi connectivity index (χ2n) is 21.7. The number of hydrogen-bond acceptors (Lipinski definition) is 15. The molecule has 0 radical (unpaired) electrons. The molecule has 0 saturated heterocycles. The number of nitrogens with two attached hydrogens (primary N) is 3. The highest BCUT2D eigenvalue weighted by Gasteiger charge is 2.36. The summed E-state index contributed by atoms with van der Waals surface area (Å²) in [6.07, 6.45) is 1.53. The number of amides is 12. The Kier molecular flexibility index (Phi) is 27.0. The molecule has 0 fully saturated rings. The number of aromatic nitrogens is 3. The number of H-pyrrole nitrogens is 2. The summed E-state index contributed by atoms with van der Waals surface area (Å²) in [6.45, 7) is 6.08. The van der Waals surface area contributed by atoms with Crippen LogP contribution in [0.15, 0.2) is 103 Å². The van der Waals surface area contributed by atoms with Crippen LogP contribution >= 0.6 is 0 Å². The van der Waals surface area contributed by atoms with Gasteiger partial charge in [-0.2, -0.15) is 0 Å². The number of aromatic amines is 2. The number of aliphatic imine (C=N–C) groups is 1. The van der Waals surface area contributed by atoms with Gasteiger partial charge in [0.2, 0.25) is 53.2 Å². The van der Waals surface area contributed by atoms with Crippen LogP contribution in [0.2, 0.25) is 0 Å². The van der Waals surface area contributed by atoms with Gasteiger partial charge in [0.25, 0.3) is 5.91 Å². The Morgan fingerprint density at radius 2 is 1.16 bits per heavy atom.